The first-order valence-corrected chi connectivity index (χ1v) is 7.07. The van der Waals surface area contributed by atoms with Crippen molar-refractivity contribution < 1.29 is 27.9 Å². The number of carboxylic acids is 1. The van der Waals surface area contributed by atoms with Gasteiger partial charge < -0.3 is 15.2 Å². The zero-order valence-corrected chi connectivity index (χ0v) is 11.3. The molecule has 0 aromatic rings. The molecule has 1 unspecified atom stereocenters. The molecule has 1 rings (SSSR count). The Labute approximate surface area is 111 Å². The van der Waals surface area contributed by atoms with Crippen molar-refractivity contribution >= 4 is 22.1 Å². The van der Waals surface area contributed by atoms with Crippen LogP contribution in [0.3, 0.4) is 0 Å². The average Bonchev–Trinajstić information content (AvgIpc) is 2.31. The van der Waals surface area contributed by atoms with Gasteiger partial charge in [-0.2, -0.15) is 17.4 Å². The summed E-state index contributed by atoms with van der Waals surface area (Å²) in [4.78, 5) is 22.3. The third-order valence-corrected chi connectivity index (χ3v) is 4.17. The van der Waals surface area contributed by atoms with Crippen molar-refractivity contribution in [1.29, 1.82) is 0 Å². The van der Waals surface area contributed by atoms with E-state index in [2.05, 4.69) is 10.0 Å². The largest absolute Gasteiger partial charge is 0.481 e. The topological polar surface area (TPSA) is 125 Å². The molecule has 9 nitrogen and oxygen atoms in total. The summed E-state index contributed by atoms with van der Waals surface area (Å²) < 4.78 is 31.8. The molecule has 1 amide bonds. The molecule has 1 aliphatic rings. The van der Waals surface area contributed by atoms with E-state index in [0.717, 1.165) is 4.31 Å². The van der Waals surface area contributed by atoms with Gasteiger partial charge in [0.2, 0.25) is 5.91 Å². The molecule has 1 saturated heterocycles. The van der Waals surface area contributed by atoms with Crippen LogP contribution in [0.2, 0.25) is 0 Å². The average molecular weight is 295 g/mol. The van der Waals surface area contributed by atoms with Crippen LogP contribution in [0.1, 0.15) is 6.42 Å². The number of nitrogens with zero attached hydrogens (tertiary/aromatic N) is 1. The maximum atomic E-state index is 12.0. The van der Waals surface area contributed by atoms with Crippen molar-refractivity contribution in [3.63, 3.8) is 0 Å². The predicted octanol–water partition coefficient (Wildman–Crippen LogP) is -2.26. The van der Waals surface area contributed by atoms with Gasteiger partial charge in [0.1, 0.15) is 6.04 Å². The van der Waals surface area contributed by atoms with E-state index < -0.39 is 34.5 Å². The number of carbonyl (C=O) groups excluding carboxylic acids is 1. The third kappa shape index (κ3) is 4.42. The molecule has 0 aromatic carbocycles. The summed E-state index contributed by atoms with van der Waals surface area (Å²) in [5.74, 6) is -1.84. The van der Waals surface area contributed by atoms with Gasteiger partial charge in [-0.05, 0) is 0 Å². The Bertz CT molecular complexity index is 437. The zero-order valence-electron chi connectivity index (χ0n) is 10.5. The van der Waals surface area contributed by atoms with E-state index in [4.69, 9.17) is 9.84 Å². The van der Waals surface area contributed by atoms with Crippen molar-refractivity contribution in [3.8, 4) is 0 Å². The number of carboxylic acid groups (broad SMARTS) is 1. The SMILES string of the molecule is COCCNS(=O)(=O)N1CCNC(=O)C1CC(=O)O. The van der Waals surface area contributed by atoms with E-state index in [1.807, 2.05) is 0 Å². The molecule has 0 radical (unpaired) electrons. The maximum Gasteiger partial charge on any atom is 0.305 e. The fraction of sp³-hybridized carbons (Fsp3) is 0.778. The van der Waals surface area contributed by atoms with E-state index in [9.17, 15) is 18.0 Å². The van der Waals surface area contributed by atoms with E-state index in [-0.39, 0.29) is 26.2 Å². The van der Waals surface area contributed by atoms with Crippen LogP contribution in [0.4, 0.5) is 0 Å². The van der Waals surface area contributed by atoms with Crippen LogP contribution in [0, 0.1) is 0 Å². The van der Waals surface area contributed by atoms with E-state index in [0.29, 0.717) is 0 Å². The minimum Gasteiger partial charge on any atom is -0.481 e. The van der Waals surface area contributed by atoms with Gasteiger partial charge >= 0.3 is 5.97 Å². The molecule has 0 aromatic heterocycles. The van der Waals surface area contributed by atoms with Gasteiger partial charge in [0.15, 0.2) is 0 Å². The molecule has 0 saturated carbocycles. The highest BCUT2D eigenvalue weighted by atomic mass is 32.2. The van der Waals surface area contributed by atoms with Gasteiger partial charge in [0.05, 0.1) is 13.0 Å². The Balaban J connectivity index is 2.80. The molecular weight excluding hydrogens is 278 g/mol. The number of methoxy groups -OCH3 is 1. The first-order chi connectivity index (χ1) is 8.88. The van der Waals surface area contributed by atoms with Gasteiger partial charge in [-0.1, -0.05) is 0 Å². The Morgan fingerprint density at radius 3 is 2.89 bits per heavy atom. The second-order valence-corrected chi connectivity index (χ2v) is 5.62. The van der Waals surface area contributed by atoms with Crippen LogP contribution in [-0.2, 0) is 24.5 Å². The first kappa shape index (κ1) is 15.8. The van der Waals surface area contributed by atoms with E-state index >= 15 is 0 Å². The number of piperazine rings is 1. The number of rotatable bonds is 7. The lowest BCUT2D eigenvalue weighted by molar-refractivity contribution is -0.141. The quantitative estimate of drug-likeness (QED) is 0.455. The molecule has 19 heavy (non-hydrogen) atoms. The highest BCUT2D eigenvalue weighted by molar-refractivity contribution is 7.87. The summed E-state index contributed by atoms with van der Waals surface area (Å²) in [6.07, 6.45) is -0.572. The Hall–Kier alpha value is -1.23. The Morgan fingerprint density at radius 2 is 2.32 bits per heavy atom. The number of carbonyl (C=O) groups is 2. The first-order valence-electron chi connectivity index (χ1n) is 5.63. The second kappa shape index (κ2) is 6.80. The molecule has 1 aliphatic heterocycles. The summed E-state index contributed by atoms with van der Waals surface area (Å²) in [5, 5.41) is 11.2. The summed E-state index contributed by atoms with van der Waals surface area (Å²) in [6, 6.07) is -1.23. The molecule has 1 fully saturated rings. The molecule has 10 heteroatoms. The van der Waals surface area contributed by atoms with Crippen LogP contribution < -0.4 is 10.0 Å². The normalized spacial score (nSPS) is 21.1. The van der Waals surface area contributed by atoms with Crippen LogP contribution in [0.25, 0.3) is 0 Å². The fourth-order valence-electron chi connectivity index (χ4n) is 1.70. The number of hydrogen-bond acceptors (Lipinski definition) is 5. The smallest absolute Gasteiger partial charge is 0.305 e. The lowest BCUT2D eigenvalue weighted by Crippen LogP contribution is -2.60. The summed E-state index contributed by atoms with van der Waals surface area (Å²) in [6.45, 7) is 0.422. The van der Waals surface area contributed by atoms with Gasteiger partial charge in [0, 0.05) is 26.7 Å². The summed E-state index contributed by atoms with van der Waals surface area (Å²) in [7, 11) is -2.48. The predicted molar refractivity (Wildman–Crippen MR) is 64.6 cm³/mol. The Kier molecular flexibility index (Phi) is 5.66. The minimum absolute atomic E-state index is 0.0337. The summed E-state index contributed by atoms with van der Waals surface area (Å²) >= 11 is 0. The van der Waals surface area contributed by atoms with Crippen LogP contribution >= 0.6 is 0 Å². The molecule has 110 valence electrons. The number of hydrogen-bond donors (Lipinski definition) is 3. The minimum atomic E-state index is -3.90. The lowest BCUT2D eigenvalue weighted by Gasteiger charge is -2.33. The third-order valence-electron chi connectivity index (χ3n) is 2.55. The number of nitrogens with one attached hydrogen (secondary N) is 2. The maximum absolute atomic E-state index is 12.0. The van der Waals surface area contributed by atoms with Crippen LogP contribution in [0.15, 0.2) is 0 Å². The van der Waals surface area contributed by atoms with E-state index in [1.54, 1.807) is 0 Å². The molecule has 0 spiro atoms. The highest BCUT2D eigenvalue weighted by Crippen LogP contribution is 2.12. The molecule has 1 atom stereocenters. The highest BCUT2D eigenvalue weighted by Gasteiger charge is 2.38. The van der Waals surface area contributed by atoms with Crippen LogP contribution in [-0.4, -0.2) is 69.1 Å². The molecule has 0 aliphatic carbocycles. The van der Waals surface area contributed by atoms with Gasteiger partial charge in [-0.15, -0.1) is 0 Å². The van der Waals surface area contributed by atoms with Gasteiger partial charge in [-0.3, -0.25) is 9.59 Å². The molecular formula is C9H17N3O6S. The van der Waals surface area contributed by atoms with Crippen molar-refractivity contribution in [2.45, 2.75) is 12.5 Å². The van der Waals surface area contributed by atoms with Gasteiger partial charge in [-0.25, -0.2) is 0 Å². The Morgan fingerprint density at radius 1 is 1.63 bits per heavy atom. The number of aliphatic carboxylic acids is 1. The zero-order chi connectivity index (χ0) is 14.5. The number of ether oxygens (including phenoxy) is 1. The summed E-state index contributed by atoms with van der Waals surface area (Å²) in [5.41, 5.74) is 0. The lowest BCUT2D eigenvalue weighted by atomic mass is 10.1. The standard InChI is InChI=1S/C9H17N3O6S/c1-18-5-3-11-19(16,17)12-4-2-10-9(15)7(12)6-8(13)14/h7,11H,2-6H2,1H3,(H,10,15)(H,13,14). The molecule has 0 bridgehead atoms. The van der Waals surface area contributed by atoms with Crippen molar-refractivity contribution in [2.75, 3.05) is 33.4 Å². The molecule has 1 heterocycles. The van der Waals surface area contributed by atoms with Gasteiger partial charge in [0.25, 0.3) is 10.2 Å². The van der Waals surface area contributed by atoms with Crippen LogP contribution in [0.5, 0.6) is 0 Å². The monoisotopic (exact) mass is 295 g/mol. The van der Waals surface area contributed by atoms with Crippen molar-refractivity contribution in [3.05, 3.63) is 0 Å². The van der Waals surface area contributed by atoms with Crippen molar-refractivity contribution in [2.24, 2.45) is 0 Å². The van der Waals surface area contributed by atoms with E-state index in [1.165, 1.54) is 7.11 Å². The van der Waals surface area contributed by atoms with Crippen molar-refractivity contribution in [1.82, 2.24) is 14.3 Å². The second-order valence-electron chi connectivity index (χ2n) is 3.91. The fourth-order valence-corrected chi connectivity index (χ4v) is 3.04. The molecule has 3 N–H and O–H groups in total. The number of amides is 1.